The second-order valence-electron chi connectivity index (χ2n) is 3.23. The van der Waals surface area contributed by atoms with Gasteiger partial charge in [0.2, 0.25) is 0 Å². The lowest BCUT2D eigenvalue weighted by atomic mass is 10.1. The summed E-state index contributed by atoms with van der Waals surface area (Å²) in [6, 6.07) is 10.2. The van der Waals surface area contributed by atoms with Crippen molar-refractivity contribution < 1.29 is 9.47 Å². The van der Waals surface area contributed by atoms with Gasteiger partial charge in [0.15, 0.2) is 18.1 Å². The minimum Gasteiger partial charge on any atom is -0.486 e. The fourth-order valence-corrected chi connectivity index (χ4v) is 2.29. The van der Waals surface area contributed by atoms with Crippen molar-refractivity contribution in [3.8, 4) is 21.9 Å². The Hall–Kier alpha value is -1.48. The van der Waals surface area contributed by atoms with Crippen molar-refractivity contribution in [2.24, 2.45) is 0 Å². The van der Waals surface area contributed by atoms with Gasteiger partial charge in [0.25, 0.3) is 0 Å². The predicted molar refractivity (Wildman–Crippen MR) is 60.2 cm³/mol. The van der Waals surface area contributed by atoms with E-state index in [9.17, 15) is 0 Å². The SMILES string of the molecule is [CH]1COc2ccc(-c3cccs3)cc2O1. The Morgan fingerprint density at radius 1 is 1.13 bits per heavy atom. The van der Waals surface area contributed by atoms with Crippen molar-refractivity contribution in [3.05, 3.63) is 42.3 Å². The fourth-order valence-electron chi connectivity index (χ4n) is 1.56. The smallest absolute Gasteiger partial charge is 0.173 e. The molecule has 0 aliphatic carbocycles. The number of thiophene rings is 1. The number of fused-ring (bicyclic) bond motifs is 1. The monoisotopic (exact) mass is 217 g/mol. The van der Waals surface area contributed by atoms with E-state index in [2.05, 4.69) is 17.5 Å². The number of hydrogen-bond acceptors (Lipinski definition) is 3. The maximum absolute atomic E-state index is 5.42. The zero-order valence-corrected chi connectivity index (χ0v) is 8.79. The Morgan fingerprint density at radius 2 is 2.13 bits per heavy atom. The van der Waals surface area contributed by atoms with Crippen LogP contribution < -0.4 is 9.47 Å². The minimum absolute atomic E-state index is 0.519. The molecule has 2 heterocycles. The van der Waals surface area contributed by atoms with Crippen LogP contribution in [0.15, 0.2) is 35.7 Å². The third kappa shape index (κ3) is 1.59. The first-order valence-electron chi connectivity index (χ1n) is 4.72. The molecule has 2 nitrogen and oxygen atoms in total. The molecular formula is C12H9O2S. The number of benzene rings is 1. The average Bonchev–Trinajstić information content (AvgIpc) is 2.82. The predicted octanol–water partition coefficient (Wildman–Crippen LogP) is 3.35. The summed E-state index contributed by atoms with van der Waals surface area (Å²) in [5.74, 6) is 1.62. The molecular weight excluding hydrogens is 208 g/mol. The van der Waals surface area contributed by atoms with Crippen molar-refractivity contribution in [3.63, 3.8) is 0 Å². The quantitative estimate of drug-likeness (QED) is 0.729. The molecule has 3 heteroatoms. The van der Waals surface area contributed by atoms with Crippen LogP contribution in [0, 0.1) is 6.61 Å². The van der Waals surface area contributed by atoms with Crippen LogP contribution in [0.5, 0.6) is 11.5 Å². The highest BCUT2D eigenvalue weighted by molar-refractivity contribution is 7.13. The molecule has 1 aliphatic rings. The molecule has 0 fully saturated rings. The zero-order valence-electron chi connectivity index (χ0n) is 7.97. The second-order valence-corrected chi connectivity index (χ2v) is 4.18. The number of ether oxygens (including phenoxy) is 2. The van der Waals surface area contributed by atoms with E-state index in [4.69, 9.17) is 9.47 Å². The number of rotatable bonds is 1. The Balaban J connectivity index is 2.04. The van der Waals surface area contributed by atoms with E-state index in [1.807, 2.05) is 18.2 Å². The van der Waals surface area contributed by atoms with Gasteiger partial charge in [-0.05, 0) is 35.2 Å². The molecule has 1 aromatic carbocycles. The van der Waals surface area contributed by atoms with Gasteiger partial charge >= 0.3 is 0 Å². The van der Waals surface area contributed by atoms with Gasteiger partial charge in [0.05, 0.1) is 0 Å². The van der Waals surface area contributed by atoms with E-state index in [0.717, 1.165) is 11.5 Å². The second kappa shape index (κ2) is 3.59. The highest BCUT2D eigenvalue weighted by Gasteiger charge is 2.12. The lowest BCUT2D eigenvalue weighted by Gasteiger charge is -2.17. The highest BCUT2D eigenvalue weighted by Crippen LogP contribution is 2.36. The summed E-state index contributed by atoms with van der Waals surface area (Å²) < 4.78 is 10.8. The Bertz CT molecular complexity index is 462. The van der Waals surface area contributed by atoms with Gasteiger partial charge in [-0.25, -0.2) is 0 Å². The van der Waals surface area contributed by atoms with Gasteiger partial charge in [-0.15, -0.1) is 11.3 Å². The van der Waals surface area contributed by atoms with Gasteiger partial charge < -0.3 is 9.47 Å². The Kier molecular flexibility index (Phi) is 2.10. The third-order valence-electron chi connectivity index (χ3n) is 2.27. The van der Waals surface area contributed by atoms with Crippen molar-refractivity contribution >= 4 is 11.3 Å². The molecule has 0 saturated carbocycles. The van der Waals surface area contributed by atoms with Gasteiger partial charge in [0.1, 0.15) is 6.61 Å². The molecule has 2 aromatic rings. The van der Waals surface area contributed by atoms with Crippen LogP contribution in [-0.2, 0) is 0 Å². The van der Waals surface area contributed by atoms with Crippen molar-refractivity contribution in [2.45, 2.75) is 0 Å². The average molecular weight is 217 g/mol. The minimum atomic E-state index is 0.519. The first-order valence-corrected chi connectivity index (χ1v) is 5.60. The molecule has 1 radical (unpaired) electrons. The van der Waals surface area contributed by atoms with Crippen LogP contribution in [0.3, 0.4) is 0 Å². The normalized spacial score (nSPS) is 13.9. The molecule has 1 aromatic heterocycles. The van der Waals surface area contributed by atoms with Crippen molar-refractivity contribution in [1.82, 2.24) is 0 Å². The van der Waals surface area contributed by atoms with E-state index >= 15 is 0 Å². The summed E-state index contributed by atoms with van der Waals surface area (Å²) in [6.07, 6.45) is 0. The molecule has 75 valence electrons. The summed E-state index contributed by atoms with van der Waals surface area (Å²) in [4.78, 5) is 1.24. The van der Waals surface area contributed by atoms with Crippen molar-refractivity contribution in [1.29, 1.82) is 0 Å². The number of hydrogen-bond donors (Lipinski definition) is 0. The highest BCUT2D eigenvalue weighted by atomic mass is 32.1. The van der Waals surface area contributed by atoms with Crippen LogP contribution in [0.2, 0.25) is 0 Å². The first kappa shape index (κ1) is 8.80. The molecule has 15 heavy (non-hydrogen) atoms. The Labute approximate surface area is 92.1 Å². The molecule has 0 spiro atoms. The topological polar surface area (TPSA) is 18.5 Å². The molecule has 0 bridgehead atoms. The van der Waals surface area contributed by atoms with E-state index in [1.165, 1.54) is 10.4 Å². The molecule has 0 N–H and O–H groups in total. The summed E-state index contributed by atoms with van der Waals surface area (Å²) in [5, 5.41) is 2.07. The summed E-state index contributed by atoms with van der Waals surface area (Å²) >= 11 is 1.72. The summed E-state index contributed by atoms with van der Waals surface area (Å²) in [7, 11) is 0. The lowest BCUT2D eigenvalue weighted by molar-refractivity contribution is 0.224. The van der Waals surface area contributed by atoms with Crippen LogP contribution in [0.25, 0.3) is 10.4 Å². The maximum Gasteiger partial charge on any atom is 0.173 e. The first-order chi connectivity index (χ1) is 7.43. The van der Waals surface area contributed by atoms with E-state index in [1.54, 1.807) is 17.9 Å². The van der Waals surface area contributed by atoms with Crippen LogP contribution >= 0.6 is 11.3 Å². The maximum atomic E-state index is 5.42. The van der Waals surface area contributed by atoms with E-state index in [0.29, 0.717) is 6.61 Å². The summed E-state index contributed by atoms with van der Waals surface area (Å²) in [5.41, 5.74) is 1.17. The van der Waals surface area contributed by atoms with E-state index < -0.39 is 0 Å². The van der Waals surface area contributed by atoms with Crippen LogP contribution in [-0.4, -0.2) is 6.61 Å². The Morgan fingerprint density at radius 3 is 3.00 bits per heavy atom. The van der Waals surface area contributed by atoms with Crippen LogP contribution in [0.1, 0.15) is 0 Å². The largest absolute Gasteiger partial charge is 0.486 e. The van der Waals surface area contributed by atoms with Gasteiger partial charge in [-0.1, -0.05) is 6.07 Å². The fraction of sp³-hybridized carbons (Fsp3) is 0.0833. The van der Waals surface area contributed by atoms with Gasteiger partial charge in [0, 0.05) is 4.88 Å². The standard InChI is InChI=1S/C12H9O2S/c1-2-12(15-7-1)9-3-4-10-11(8-9)14-6-5-13-10/h1-4,6-8H,5H2. The van der Waals surface area contributed by atoms with Gasteiger partial charge in [-0.3, -0.25) is 0 Å². The molecule has 0 atom stereocenters. The molecule has 1 aliphatic heterocycles. The molecule has 3 rings (SSSR count). The third-order valence-corrected chi connectivity index (χ3v) is 3.19. The van der Waals surface area contributed by atoms with Crippen molar-refractivity contribution in [2.75, 3.05) is 6.61 Å². The molecule has 0 amide bonds. The van der Waals surface area contributed by atoms with Gasteiger partial charge in [-0.2, -0.15) is 0 Å². The van der Waals surface area contributed by atoms with Crippen LogP contribution in [0.4, 0.5) is 0 Å². The lowest BCUT2D eigenvalue weighted by Crippen LogP contribution is -2.09. The molecule has 0 unspecified atom stereocenters. The molecule has 0 saturated heterocycles. The summed E-state index contributed by atoms with van der Waals surface area (Å²) in [6.45, 7) is 2.19. The zero-order chi connectivity index (χ0) is 10.1. The van der Waals surface area contributed by atoms with E-state index in [-0.39, 0.29) is 0 Å².